The summed E-state index contributed by atoms with van der Waals surface area (Å²) < 4.78 is 65.1. The van der Waals surface area contributed by atoms with Gasteiger partial charge in [-0.15, -0.1) is 0 Å². The van der Waals surface area contributed by atoms with E-state index in [0.717, 1.165) is 4.90 Å². The quantitative estimate of drug-likeness (QED) is 0.847. The van der Waals surface area contributed by atoms with Gasteiger partial charge in [0.15, 0.2) is 9.84 Å². The molecule has 0 unspecified atom stereocenters. The normalized spacial score (nSPS) is 31.0. The highest BCUT2D eigenvalue weighted by Crippen LogP contribution is 2.53. The highest BCUT2D eigenvalue weighted by molar-refractivity contribution is 7.92. The first kappa shape index (κ1) is 15.4. The lowest BCUT2D eigenvalue weighted by Gasteiger charge is -2.39. The van der Waals surface area contributed by atoms with Crippen LogP contribution >= 0.6 is 0 Å². The molecule has 1 aromatic heterocycles. The molecular weight excluding hydrogens is 321 g/mol. The Kier molecular flexibility index (Phi) is 3.32. The Morgan fingerprint density at radius 1 is 1.41 bits per heavy atom. The highest BCUT2D eigenvalue weighted by atomic mass is 32.2. The topological polar surface area (TPSA) is 70.2 Å². The number of aromatic amines is 1. The predicted molar refractivity (Wildman–Crippen MR) is 72.0 cm³/mol. The molecule has 2 saturated heterocycles. The lowest BCUT2D eigenvalue weighted by molar-refractivity contribution is -0.220. The maximum atomic E-state index is 13.6. The van der Waals surface area contributed by atoms with Crippen molar-refractivity contribution in [1.82, 2.24) is 9.88 Å². The number of nitrogens with one attached hydrogen (secondary N) is 1. The molecule has 0 saturated carbocycles. The molecule has 3 heterocycles. The second kappa shape index (κ2) is 4.74. The molecule has 122 valence electrons. The Labute approximate surface area is 125 Å². The van der Waals surface area contributed by atoms with Crippen molar-refractivity contribution in [2.75, 3.05) is 18.8 Å². The van der Waals surface area contributed by atoms with Crippen LogP contribution < -0.4 is 0 Å². The van der Waals surface area contributed by atoms with Gasteiger partial charge in [-0.1, -0.05) is 0 Å². The van der Waals surface area contributed by atoms with Crippen LogP contribution in [-0.2, 0) is 9.84 Å². The Morgan fingerprint density at radius 2 is 2.14 bits per heavy atom. The van der Waals surface area contributed by atoms with Crippen LogP contribution in [0.25, 0.3) is 0 Å². The summed E-state index contributed by atoms with van der Waals surface area (Å²) in [6.45, 7) is -0.990. The summed E-state index contributed by atoms with van der Waals surface area (Å²) in [5.74, 6) is -0.823. The molecule has 0 spiro atoms. The zero-order valence-electron chi connectivity index (χ0n) is 11.6. The van der Waals surface area contributed by atoms with Gasteiger partial charge in [0.1, 0.15) is 5.41 Å². The summed E-state index contributed by atoms with van der Waals surface area (Å²) in [4.78, 5) is 16.0. The molecular formula is C13H15F3N2O3S. The van der Waals surface area contributed by atoms with Crippen LogP contribution in [0.15, 0.2) is 18.5 Å². The number of alkyl halides is 3. The Hall–Kier alpha value is -1.51. The number of carbonyl (C=O) groups is 1. The SMILES string of the molecule is O=C(c1cc[nH]c1)N1C[C@@H]2[C@@](C(F)(F)F)(CCCS2(=O)=O)C1. The number of nitrogens with zero attached hydrogens (tertiary/aromatic N) is 1. The second-order valence-corrected chi connectivity index (χ2v) is 8.20. The Morgan fingerprint density at radius 3 is 2.68 bits per heavy atom. The van der Waals surface area contributed by atoms with E-state index in [0.29, 0.717) is 0 Å². The smallest absolute Gasteiger partial charge is 0.367 e. The fourth-order valence-electron chi connectivity index (χ4n) is 3.52. The molecule has 0 bridgehead atoms. The third-order valence-corrected chi connectivity index (χ3v) is 6.98. The highest BCUT2D eigenvalue weighted by Gasteiger charge is 2.68. The van der Waals surface area contributed by atoms with Crippen LogP contribution in [0, 0.1) is 5.41 Å². The van der Waals surface area contributed by atoms with Crippen LogP contribution in [0.4, 0.5) is 13.2 Å². The second-order valence-electron chi connectivity index (χ2n) is 5.90. The largest absolute Gasteiger partial charge is 0.397 e. The number of likely N-dealkylation sites (tertiary alicyclic amines) is 1. The van der Waals surface area contributed by atoms with Crippen LogP contribution in [0.1, 0.15) is 23.2 Å². The predicted octanol–water partition coefficient (Wildman–Crippen LogP) is 1.60. The third kappa shape index (κ3) is 2.13. The van der Waals surface area contributed by atoms with Gasteiger partial charge < -0.3 is 9.88 Å². The van der Waals surface area contributed by atoms with E-state index in [2.05, 4.69) is 4.98 Å². The molecule has 22 heavy (non-hydrogen) atoms. The van der Waals surface area contributed by atoms with Crippen molar-refractivity contribution in [3.05, 3.63) is 24.0 Å². The number of halogens is 3. The zero-order chi connectivity index (χ0) is 16.2. The summed E-state index contributed by atoms with van der Waals surface area (Å²) >= 11 is 0. The van der Waals surface area contributed by atoms with Gasteiger partial charge in [0.2, 0.25) is 0 Å². The number of aromatic nitrogens is 1. The molecule has 2 aliphatic rings. The lowest BCUT2D eigenvalue weighted by atomic mass is 9.81. The number of fused-ring (bicyclic) bond motifs is 1. The van der Waals surface area contributed by atoms with Crippen LogP contribution in [0.3, 0.4) is 0 Å². The molecule has 1 aromatic rings. The van der Waals surface area contributed by atoms with Crippen molar-refractivity contribution >= 4 is 15.7 Å². The van der Waals surface area contributed by atoms with E-state index in [4.69, 9.17) is 0 Å². The van der Waals surface area contributed by atoms with E-state index < -0.39 is 45.7 Å². The number of hydrogen-bond donors (Lipinski definition) is 1. The number of amides is 1. The summed E-state index contributed by atoms with van der Waals surface area (Å²) in [6, 6.07) is 1.46. The fourth-order valence-corrected chi connectivity index (χ4v) is 5.77. The van der Waals surface area contributed by atoms with Crippen molar-refractivity contribution in [3.63, 3.8) is 0 Å². The van der Waals surface area contributed by atoms with Crippen molar-refractivity contribution in [2.24, 2.45) is 5.41 Å². The standard InChI is InChI=1S/C13H15F3N2O3S/c14-13(15,16)12-3-1-5-22(20,21)10(12)7-18(8-12)11(19)9-2-4-17-6-9/h2,4,6,10,17H,1,3,5,7-8H2/t10-,12-/m1/s1. The Balaban J connectivity index is 1.99. The van der Waals surface area contributed by atoms with Gasteiger partial charge in [0, 0.05) is 25.5 Å². The minimum Gasteiger partial charge on any atom is -0.367 e. The number of sulfone groups is 1. The van der Waals surface area contributed by atoms with Gasteiger partial charge in [-0.3, -0.25) is 4.79 Å². The molecule has 0 radical (unpaired) electrons. The fraction of sp³-hybridized carbons (Fsp3) is 0.615. The van der Waals surface area contributed by atoms with E-state index in [1.807, 2.05) is 0 Å². The molecule has 1 N–H and O–H groups in total. The van der Waals surface area contributed by atoms with Crippen molar-refractivity contribution in [2.45, 2.75) is 24.3 Å². The number of hydrogen-bond acceptors (Lipinski definition) is 3. The first-order valence-electron chi connectivity index (χ1n) is 6.88. The van der Waals surface area contributed by atoms with Crippen LogP contribution in [0.5, 0.6) is 0 Å². The average molecular weight is 336 g/mol. The molecule has 5 nitrogen and oxygen atoms in total. The molecule has 2 fully saturated rings. The third-order valence-electron chi connectivity index (χ3n) is 4.66. The molecule has 2 aliphatic heterocycles. The first-order chi connectivity index (χ1) is 10.2. The van der Waals surface area contributed by atoms with Crippen molar-refractivity contribution < 1.29 is 26.4 Å². The maximum Gasteiger partial charge on any atom is 0.397 e. The van der Waals surface area contributed by atoms with Crippen LogP contribution in [0.2, 0.25) is 0 Å². The maximum absolute atomic E-state index is 13.6. The lowest BCUT2D eigenvalue weighted by Crippen LogP contribution is -2.53. The minimum absolute atomic E-state index is 0.0233. The molecule has 2 atom stereocenters. The molecule has 1 amide bonds. The van der Waals surface area contributed by atoms with E-state index >= 15 is 0 Å². The zero-order valence-corrected chi connectivity index (χ0v) is 12.4. The number of rotatable bonds is 1. The van der Waals surface area contributed by atoms with E-state index in [1.165, 1.54) is 18.5 Å². The Bertz CT molecular complexity index is 684. The van der Waals surface area contributed by atoms with Gasteiger partial charge in [-0.05, 0) is 18.9 Å². The summed E-state index contributed by atoms with van der Waals surface area (Å²) in [6.07, 6.45) is -2.05. The molecule has 0 aliphatic carbocycles. The average Bonchev–Trinajstić information content (AvgIpc) is 3.05. The van der Waals surface area contributed by atoms with E-state index in [9.17, 15) is 26.4 Å². The van der Waals surface area contributed by atoms with Crippen molar-refractivity contribution in [1.29, 1.82) is 0 Å². The van der Waals surface area contributed by atoms with Crippen LogP contribution in [-0.4, -0.2) is 54.5 Å². The molecule has 3 rings (SSSR count). The molecule has 9 heteroatoms. The molecule has 0 aromatic carbocycles. The van der Waals surface area contributed by atoms with E-state index in [-0.39, 0.29) is 24.2 Å². The summed E-state index contributed by atoms with van der Waals surface area (Å²) in [5, 5.41) is -1.56. The van der Waals surface area contributed by atoms with Gasteiger partial charge in [-0.2, -0.15) is 13.2 Å². The van der Waals surface area contributed by atoms with E-state index in [1.54, 1.807) is 0 Å². The monoisotopic (exact) mass is 336 g/mol. The van der Waals surface area contributed by atoms with Crippen molar-refractivity contribution in [3.8, 4) is 0 Å². The summed E-state index contributed by atoms with van der Waals surface area (Å²) in [7, 11) is -3.86. The van der Waals surface area contributed by atoms with Gasteiger partial charge >= 0.3 is 6.18 Å². The number of H-pyrrole nitrogens is 1. The van der Waals surface area contributed by atoms with Gasteiger partial charge in [-0.25, -0.2) is 8.42 Å². The van der Waals surface area contributed by atoms with Gasteiger partial charge in [0.05, 0.1) is 16.6 Å². The van der Waals surface area contributed by atoms with Gasteiger partial charge in [0.25, 0.3) is 5.91 Å². The minimum atomic E-state index is -4.65. The number of carbonyl (C=O) groups excluding carboxylic acids is 1. The first-order valence-corrected chi connectivity index (χ1v) is 8.59. The summed E-state index contributed by atoms with van der Waals surface area (Å²) in [5.41, 5.74) is -2.11.